The fourth-order valence-corrected chi connectivity index (χ4v) is 1.01. The van der Waals surface area contributed by atoms with Crippen LogP contribution in [0.15, 0.2) is 42.7 Å². The van der Waals surface area contributed by atoms with Gasteiger partial charge in [0.2, 0.25) is 0 Å². The first-order valence-electron chi connectivity index (χ1n) is 3.51. The van der Waals surface area contributed by atoms with Gasteiger partial charge in [-0.2, -0.15) is 0 Å². The second kappa shape index (κ2) is 2.58. The van der Waals surface area contributed by atoms with Crippen molar-refractivity contribution in [2.75, 3.05) is 0 Å². The second-order valence-electron chi connectivity index (χ2n) is 2.30. The van der Waals surface area contributed by atoms with Crippen LogP contribution in [0.2, 0.25) is 0 Å². The molecule has 0 amide bonds. The summed E-state index contributed by atoms with van der Waals surface area (Å²) in [6.45, 7) is 0. The molecule has 0 aliphatic heterocycles. The minimum Gasteiger partial charge on any atom is -0.360 e. The largest absolute Gasteiger partial charge is 0.360 e. The molecule has 2 aromatic heterocycles. The first-order valence-corrected chi connectivity index (χ1v) is 3.51. The van der Waals surface area contributed by atoms with E-state index in [0.717, 1.165) is 11.4 Å². The molecule has 54 valence electrons. The van der Waals surface area contributed by atoms with Crippen molar-refractivity contribution in [3.05, 3.63) is 42.7 Å². The molecule has 0 aliphatic carbocycles. The molecule has 0 aromatic carbocycles. The van der Waals surface area contributed by atoms with Crippen molar-refractivity contribution in [3.8, 4) is 11.4 Å². The van der Waals surface area contributed by atoms with Crippen molar-refractivity contribution in [1.82, 2.24) is 9.97 Å². The molecule has 0 saturated carbocycles. The zero-order valence-corrected chi connectivity index (χ0v) is 5.99. The first-order chi connectivity index (χ1) is 5.47. The number of nitrogens with zero attached hydrogens (tertiary/aromatic N) is 1. The highest BCUT2D eigenvalue weighted by Crippen LogP contribution is 2.11. The normalized spacial score (nSPS) is 9.82. The third-order valence-electron chi connectivity index (χ3n) is 1.54. The summed E-state index contributed by atoms with van der Waals surface area (Å²) < 4.78 is 0. The summed E-state index contributed by atoms with van der Waals surface area (Å²) in [4.78, 5) is 7.28. The Balaban J connectivity index is 2.46. The van der Waals surface area contributed by atoms with Crippen LogP contribution in [0.5, 0.6) is 0 Å². The fraction of sp³-hybridized carbons (Fsp3) is 0. The summed E-state index contributed by atoms with van der Waals surface area (Å²) >= 11 is 0. The molecule has 0 unspecified atom stereocenters. The number of pyridine rings is 1. The van der Waals surface area contributed by atoms with Gasteiger partial charge in [-0.05, 0) is 24.3 Å². The Morgan fingerprint density at radius 2 is 2.09 bits per heavy atom. The predicted octanol–water partition coefficient (Wildman–Crippen LogP) is 2.08. The number of H-pyrrole nitrogens is 1. The summed E-state index contributed by atoms with van der Waals surface area (Å²) in [6, 6.07) is 9.83. The molecule has 11 heavy (non-hydrogen) atoms. The molecule has 2 heteroatoms. The van der Waals surface area contributed by atoms with E-state index in [1.54, 1.807) is 6.20 Å². The lowest BCUT2D eigenvalue weighted by Gasteiger charge is -1.93. The smallest absolute Gasteiger partial charge is 0.0864 e. The summed E-state index contributed by atoms with van der Waals surface area (Å²) in [6.07, 6.45) is 3.68. The van der Waals surface area contributed by atoms with E-state index in [4.69, 9.17) is 0 Å². The zero-order valence-electron chi connectivity index (χ0n) is 5.99. The quantitative estimate of drug-likeness (QED) is 0.652. The molecule has 0 spiro atoms. The van der Waals surface area contributed by atoms with E-state index >= 15 is 0 Å². The summed E-state index contributed by atoms with van der Waals surface area (Å²) in [5.74, 6) is 0. The Labute approximate surface area is 64.9 Å². The van der Waals surface area contributed by atoms with E-state index in [1.165, 1.54) is 0 Å². The third-order valence-corrected chi connectivity index (χ3v) is 1.54. The van der Waals surface area contributed by atoms with E-state index in [1.807, 2.05) is 36.5 Å². The molecule has 0 atom stereocenters. The molecule has 2 nitrogen and oxygen atoms in total. The molecule has 0 radical (unpaired) electrons. The van der Waals surface area contributed by atoms with Crippen molar-refractivity contribution in [3.63, 3.8) is 0 Å². The number of nitrogens with one attached hydrogen (secondary N) is 1. The van der Waals surface area contributed by atoms with Crippen molar-refractivity contribution in [2.24, 2.45) is 0 Å². The maximum atomic E-state index is 4.19. The topological polar surface area (TPSA) is 28.7 Å². The van der Waals surface area contributed by atoms with Gasteiger partial charge in [0, 0.05) is 12.4 Å². The lowest BCUT2D eigenvalue weighted by Crippen LogP contribution is -1.79. The number of hydrogen-bond donors (Lipinski definition) is 1. The van der Waals surface area contributed by atoms with Gasteiger partial charge in [0.25, 0.3) is 0 Å². The van der Waals surface area contributed by atoms with Crippen LogP contribution in [0, 0.1) is 0 Å². The molecular formula is C9H8N2. The van der Waals surface area contributed by atoms with Gasteiger partial charge < -0.3 is 4.98 Å². The maximum absolute atomic E-state index is 4.19. The number of aromatic nitrogens is 2. The third kappa shape index (κ3) is 1.15. The summed E-state index contributed by atoms with van der Waals surface area (Å²) in [5.41, 5.74) is 2.04. The Kier molecular flexibility index (Phi) is 1.44. The molecule has 1 N–H and O–H groups in total. The van der Waals surface area contributed by atoms with Gasteiger partial charge >= 0.3 is 0 Å². The molecule has 2 aromatic rings. The highest BCUT2D eigenvalue weighted by Gasteiger charge is 1.94. The SMILES string of the molecule is c1ccc(-c2ccc[nH]2)nc1. The van der Waals surface area contributed by atoms with Gasteiger partial charge in [-0.3, -0.25) is 4.98 Å². The summed E-state index contributed by atoms with van der Waals surface area (Å²) in [5, 5.41) is 0. The Morgan fingerprint density at radius 1 is 1.09 bits per heavy atom. The van der Waals surface area contributed by atoms with E-state index in [-0.39, 0.29) is 0 Å². The van der Waals surface area contributed by atoms with Gasteiger partial charge in [0.05, 0.1) is 11.4 Å². The predicted molar refractivity (Wildman–Crippen MR) is 44.0 cm³/mol. The van der Waals surface area contributed by atoms with Crippen LogP contribution >= 0.6 is 0 Å². The Morgan fingerprint density at radius 3 is 2.73 bits per heavy atom. The van der Waals surface area contributed by atoms with Crippen molar-refractivity contribution in [1.29, 1.82) is 0 Å². The lowest BCUT2D eigenvalue weighted by atomic mass is 10.3. The number of rotatable bonds is 1. The van der Waals surface area contributed by atoms with Gasteiger partial charge in [-0.15, -0.1) is 0 Å². The van der Waals surface area contributed by atoms with Crippen LogP contribution in [0.25, 0.3) is 11.4 Å². The lowest BCUT2D eigenvalue weighted by molar-refractivity contribution is 1.28. The Hall–Kier alpha value is -1.57. The fourth-order valence-electron chi connectivity index (χ4n) is 1.01. The number of hydrogen-bond acceptors (Lipinski definition) is 1. The van der Waals surface area contributed by atoms with Crippen LogP contribution in [-0.2, 0) is 0 Å². The highest BCUT2D eigenvalue weighted by atomic mass is 14.8. The average molecular weight is 144 g/mol. The van der Waals surface area contributed by atoms with Crippen LogP contribution in [0.1, 0.15) is 0 Å². The van der Waals surface area contributed by atoms with Crippen LogP contribution in [-0.4, -0.2) is 9.97 Å². The molecule has 0 bridgehead atoms. The maximum Gasteiger partial charge on any atom is 0.0864 e. The molecule has 2 heterocycles. The van der Waals surface area contributed by atoms with E-state index in [0.29, 0.717) is 0 Å². The van der Waals surface area contributed by atoms with E-state index in [9.17, 15) is 0 Å². The van der Waals surface area contributed by atoms with Crippen LogP contribution in [0.3, 0.4) is 0 Å². The van der Waals surface area contributed by atoms with Gasteiger partial charge in [0.15, 0.2) is 0 Å². The highest BCUT2D eigenvalue weighted by molar-refractivity contribution is 5.53. The van der Waals surface area contributed by atoms with Crippen molar-refractivity contribution >= 4 is 0 Å². The number of aromatic amines is 1. The second-order valence-corrected chi connectivity index (χ2v) is 2.30. The molecule has 2 rings (SSSR count). The van der Waals surface area contributed by atoms with Gasteiger partial charge in [-0.25, -0.2) is 0 Å². The molecule has 0 fully saturated rings. The van der Waals surface area contributed by atoms with E-state index < -0.39 is 0 Å². The van der Waals surface area contributed by atoms with Crippen molar-refractivity contribution in [2.45, 2.75) is 0 Å². The molecule has 0 aliphatic rings. The van der Waals surface area contributed by atoms with Crippen LogP contribution in [0.4, 0.5) is 0 Å². The van der Waals surface area contributed by atoms with E-state index in [2.05, 4.69) is 9.97 Å². The minimum atomic E-state index is 0.984. The standard InChI is InChI=1S/C9H8N2/c1-2-6-10-8(4-1)9-5-3-7-11-9/h1-7,11H. The Bertz CT molecular complexity index is 311. The van der Waals surface area contributed by atoms with Gasteiger partial charge in [-0.1, -0.05) is 6.07 Å². The van der Waals surface area contributed by atoms with Gasteiger partial charge in [0.1, 0.15) is 0 Å². The van der Waals surface area contributed by atoms with Crippen LogP contribution < -0.4 is 0 Å². The summed E-state index contributed by atoms with van der Waals surface area (Å²) in [7, 11) is 0. The average Bonchev–Trinajstić information content (AvgIpc) is 2.58. The minimum absolute atomic E-state index is 0.984. The monoisotopic (exact) mass is 144 g/mol. The first kappa shape index (κ1) is 6.16. The van der Waals surface area contributed by atoms with Crippen molar-refractivity contribution < 1.29 is 0 Å². The molecular weight excluding hydrogens is 136 g/mol. The molecule has 0 saturated heterocycles. The zero-order chi connectivity index (χ0) is 7.52.